The smallest absolute Gasteiger partial charge is 0.143 e. The van der Waals surface area contributed by atoms with Gasteiger partial charge in [-0.2, -0.15) is 0 Å². The average Bonchev–Trinajstić information content (AvgIpc) is 1.30. The third kappa shape index (κ3) is 14.1. The lowest BCUT2D eigenvalue weighted by molar-refractivity contribution is 0.669. The highest BCUT2D eigenvalue weighted by molar-refractivity contribution is 6.26. The lowest BCUT2D eigenvalue weighted by Gasteiger charge is -2.20. The van der Waals surface area contributed by atoms with Crippen molar-refractivity contribution in [1.82, 2.24) is 0 Å². The number of hydrogen-bond acceptors (Lipinski definition) is 3. The summed E-state index contributed by atoms with van der Waals surface area (Å²) in [5.74, 6) is 0. The van der Waals surface area contributed by atoms with Gasteiger partial charge in [0.1, 0.15) is 33.5 Å². The van der Waals surface area contributed by atoms with Gasteiger partial charge in [-0.25, -0.2) is 0 Å². The maximum atomic E-state index is 6.52. The molecule has 3 heterocycles. The fourth-order valence-electron chi connectivity index (χ4n) is 21.1. The summed E-state index contributed by atoms with van der Waals surface area (Å²) in [4.78, 5) is 0. The molecule has 0 aliphatic carbocycles. The van der Waals surface area contributed by atoms with Gasteiger partial charge in [-0.3, -0.25) is 0 Å². The second kappa shape index (κ2) is 33.9. The molecule has 0 saturated heterocycles. The summed E-state index contributed by atoms with van der Waals surface area (Å²) in [6.45, 7) is 0. The van der Waals surface area contributed by atoms with E-state index in [1.165, 1.54) is 165 Å². The molecule has 3 heteroatoms. The van der Waals surface area contributed by atoms with E-state index >= 15 is 0 Å². The number of rotatable bonds is 12. The normalized spacial score (nSPS) is 11.6. The lowest BCUT2D eigenvalue weighted by Crippen LogP contribution is -1.93. The van der Waals surface area contributed by atoms with Crippen LogP contribution in [0.25, 0.3) is 264 Å². The molecular weight excluding hydrogens is 1630 g/mol. The topological polar surface area (TPSA) is 39.4 Å². The van der Waals surface area contributed by atoms with Crippen LogP contribution in [0.2, 0.25) is 0 Å². The fraction of sp³-hybridized carbons (Fsp3) is 0. The van der Waals surface area contributed by atoms with E-state index < -0.39 is 0 Å². The zero-order chi connectivity index (χ0) is 89.2. The molecule has 0 aliphatic heterocycles. The van der Waals surface area contributed by atoms with Crippen molar-refractivity contribution in [3.63, 3.8) is 0 Å². The third-order valence-corrected chi connectivity index (χ3v) is 27.3. The van der Waals surface area contributed by atoms with Crippen molar-refractivity contribution in [2.24, 2.45) is 0 Å². The summed E-state index contributed by atoms with van der Waals surface area (Å²) < 4.78 is 19.3. The van der Waals surface area contributed by atoms with Crippen molar-refractivity contribution in [2.45, 2.75) is 0 Å². The molecule has 0 fully saturated rings. The molecule has 3 nitrogen and oxygen atoms in total. The first-order chi connectivity index (χ1) is 67.0. The Kier molecular flexibility index (Phi) is 20.0. The predicted molar refractivity (Wildman–Crippen MR) is 571 cm³/mol. The van der Waals surface area contributed by atoms with Crippen molar-refractivity contribution in [1.29, 1.82) is 0 Å². The van der Waals surface area contributed by atoms with Gasteiger partial charge in [0.25, 0.3) is 0 Å². The summed E-state index contributed by atoms with van der Waals surface area (Å²) in [6, 6.07) is 183. The van der Waals surface area contributed by atoms with Crippen LogP contribution in [-0.2, 0) is 0 Å². The first kappa shape index (κ1) is 79.4. The molecule has 0 N–H and O–H groups in total. The predicted octanol–water partition coefficient (Wildman–Crippen LogP) is 37.7. The Balaban J connectivity index is 0.000000108. The van der Waals surface area contributed by atoms with Crippen molar-refractivity contribution in [2.75, 3.05) is 0 Å². The van der Waals surface area contributed by atoms with Crippen LogP contribution in [0.3, 0.4) is 0 Å². The molecule has 3 aromatic heterocycles. The van der Waals surface area contributed by atoms with Crippen molar-refractivity contribution < 1.29 is 13.3 Å². The zero-order valence-corrected chi connectivity index (χ0v) is 73.7. The molecule has 24 aromatic carbocycles. The second-order valence-corrected chi connectivity index (χ2v) is 34.9. The molecule has 0 spiro atoms. The van der Waals surface area contributed by atoms with Gasteiger partial charge < -0.3 is 13.3 Å². The summed E-state index contributed by atoms with van der Waals surface area (Å²) in [6.07, 6.45) is 0. The Hall–Kier alpha value is -17.8. The quantitative estimate of drug-likeness (QED) is 0.114. The number of benzene rings is 24. The molecule has 0 unspecified atom stereocenters. The minimum absolute atomic E-state index is 0.913. The van der Waals surface area contributed by atoms with E-state index in [1.54, 1.807) is 0 Å². The third-order valence-electron chi connectivity index (χ3n) is 27.3. The Bertz CT molecular complexity index is 9070. The van der Waals surface area contributed by atoms with Crippen LogP contribution in [0.4, 0.5) is 0 Å². The molecule has 0 bridgehead atoms. The maximum Gasteiger partial charge on any atom is 0.143 e. The Morgan fingerprint density at radius 1 is 0.0963 bits per heavy atom. The standard InChI is InChI=1S/3C44H28O/c1-2-12-29(13-3-1)30-24-26-31(27-25-30)42-36-17-4-6-19-38(36)43(39-20-7-5-18-37(39)42)33-15-10-14-32(28-33)34-21-11-22-40-35-16-8-9-23-41(35)45-44(34)40;1-2-11-29(12-3-1)30-21-25-32(26-22-30)42-36-14-4-6-16-38(36)43(39-17-7-5-15-37(39)42)33-27-23-31(24-28-33)34-18-10-19-40-35-13-8-9-20-41(35)45-44(34)40;1-2-13-29(14-3-1)30-25-27-31(28-26-30)42-35-18-6-8-20-37(35)43(38-21-9-7-19-36(38)42)34-17-5-4-15-32(34)39-22-12-23-40-33-16-10-11-24-41(33)45-44(39)40/h3*1-28H. The zero-order valence-electron chi connectivity index (χ0n) is 73.7. The van der Waals surface area contributed by atoms with Gasteiger partial charge in [0.15, 0.2) is 0 Å². The van der Waals surface area contributed by atoms with E-state index in [0.29, 0.717) is 0 Å². The molecule has 630 valence electrons. The molecule has 27 aromatic rings. The molecule has 0 radical (unpaired) electrons. The van der Waals surface area contributed by atoms with Crippen LogP contribution in [0.15, 0.2) is 523 Å². The maximum absolute atomic E-state index is 6.52. The van der Waals surface area contributed by atoms with E-state index in [0.717, 1.165) is 99.2 Å². The van der Waals surface area contributed by atoms with Gasteiger partial charge in [0, 0.05) is 49.0 Å². The van der Waals surface area contributed by atoms with Gasteiger partial charge in [-0.1, -0.05) is 485 Å². The fourth-order valence-corrected chi connectivity index (χ4v) is 21.1. The average molecular weight is 1720 g/mol. The van der Waals surface area contributed by atoms with Crippen LogP contribution in [0.1, 0.15) is 0 Å². The SMILES string of the molecule is c1ccc(-c2ccc(-c3c4ccccc4c(-c4ccc(-c5cccc6c5oc5ccccc56)cc4)c4ccccc34)cc2)cc1.c1ccc(-c2ccc(-c3c4ccccc4c(-c4cccc(-c5cccc6c5oc5ccccc56)c4)c4ccccc34)cc2)cc1.c1ccc(-c2ccc(-c3c4ccccc4c(-c4ccccc4-c4cccc5c4oc4ccccc45)c4ccccc34)cc2)cc1. The number of para-hydroxylation sites is 6. The lowest BCUT2D eigenvalue weighted by atomic mass is 9.83. The molecule has 0 amide bonds. The van der Waals surface area contributed by atoms with E-state index in [9.17, 15) is 0 Å². The highest BCUT2D eigenvalue weighted by Gasteiger charge is 2.25. The summed E-state index contributed by atoms with van der Waals surface area (Å²) in [7, 11) is 0. The van der Waals surface area contributed by atoms with Crippen LogP contribution < -0.4 is 0 Å². The van der Waals surface area contributed by atoms with E-state index in [2.05, 4.69) is 479 Å². The Morgan fingerprint density at radius 2 is 0.289 bits per heavy atom. The largest absolute Gasteiger partial charge is 0.455 e. The molecule has 135 heavy (non-hydrogen) atoms. The van der Waals surface area contributed by atoms with Crippen molar-refractivity contribution in [3.8, 4) is 134 Å². The van der Waals surface area contributed by atoms with Gasteiger partial charge in [-0.05, 0) is 206 Å². The molecule has 27 rings (SSSR count). The van der Waals surface area contributed by atoms with Gasteiger partial charge in [0.2, 0.25) is 0 Å². The number of hydrogen-bond donors (Lipinski definition) is 0. The minimum Gasteiger partial charge on any atom is -0.455 e. The molecule has 0 atom stereocenters. The molecular formula is C132H84O3. The first-order valence-electron chi connectivity index (χ1n) is 46.3. The van der Waals surface area contributed by atoms with Crippen LogP contribution in [0, 0.1) is 0 Å². The first-order valence-corrected chi connectivity index (χ1v) is 46.3. The van der Waals surface area contributed by atoms with E-state index in [1.807, 2.05) is 30.3 Å². The Morgan fingerprint density at radius 3 is 0.615 bits per heavy atom. The van der Waals surface area contributed by atoms with Gasteiger partial charge in [0.05, 0.1) is 0 Å². The highest BCUT2D eigenvalue weighted by Crippen LogP contribution is 2.52. The monoisotopic (exact) mass is 1720 g/mol. The van der Waals surface area contributed by atoms with E-state index in [4.69, 9.17) is 13.3 Å². The highest BCUT2D eigenvalue weighted by atomic mass is 16.3. The number of fused-ring (bicyclic) bond motifs is 15. The summed E-state index contributed by atoms with van der Waals surface area (Å²) >= 11 is 0. The number of furan rings is 3. The van der Waals surface area contributed by atoms with Gasteiger partial charge >= 0.3 is 0 Å². The van der Waals surface area contributed by atoms with Crippen LogP contribution in [-0.4, -0.2) is 0 Å². The molecule has 0 aliphatic rings. The Labute approximate surface area is 781 Å². The van der Waals surface area contributed by atoms with Crippen molar-refractivity contribution >= 4 is 130 Å². The molecule has 0 saturated carbocycles. The second-order valence-electron chi connectivity index (χ2n) is 34.9. The van der Waals surface area contributed by atoms with Crippen LogP contribution >= 0.6 is 0 Å². The van der Waals surface area contributed by atoms with Crippen molar-refractivity contribution in [3.05, 3.63) is 510 Å². The van der Waals surface area contributed by atoms with E-state index in [-0.39, 0.29) is 0 Å². The minimum atomic E-state index is 0.913. The van der Waals surface area contributed by atoms with Gasteiger partial charge in [-0.15, -0.1) is 0 Å². The summed E-state index contributed by atoms with van der Waals surface area (Å²) in [5.41, 5.74) is 34.5. The summed E-state index contributed by atoms with van der Waals surface area (Å²) in [5, 5.41) is 21.9. The van der Waals surface area contributed by atoms with Crippen LogP contribution in [0.5, 0.6) is 0 Å².